The van der Waals surface area contributed by atoms with E-state index in [1.54, 1.807) is 42.9 Å². The van der Waals surface area contributed by atoms with Crippen molar-refractivity contribution in [2.45, 2.75) is 19.0 Å². The number of benzene rings is 1. The van der Waals surface area contributed by atoms with Crippen LogP contribution >= 0.6 is 11.8 Å². The van der Waals surface area contributed by atoms with Gasteiger partial charge in [-0.1, -0.05) is 25.6 Å². The molecule has 0 saturated carbocycles. The smallest absolute Gasteiger partial charge is 0.234 e. The van der Waals surface area contributed by atoms with Gasteiger partial charge < -0.3 is 19.9 Å². The molecule has 134 valence electrons. The van der Waals surface area contributed by atoms with Crippen LogP contribution in [0.5, 0.6) is 5.75 Å². The van der Waals surface area contributed by atoms with Crippen LogP contribution in [0.15, 0.2) is 29.7 Å². The highest BCUT2D eigenvalue weighted by molar-refractivity contribution is 7.99. The second-order valence-electron chi connectivity index (χ2n) is 5.62. The third-order valence-corrected chi connectivity index (χ3v) is 4.32. The molecule has 1 aromatic carbocycles. The van der Waals surface area contributed by atoms with Crippen LogP contribution in [0.2, 0.25) is 0 Å². The molecule has 0 atom stereocenters. The van der Waals surface area contributed by atoms with Crippen molar-refractivity contribution in [3.05, 3.63) is 24.5 Å². The van der Waals surface area contributed by atoms with E-state index in [9.17, 15) is 9.59 Å². The second kappa shape index (κ2) is 8.52. The van der Waals surface area contributed by atoms with Crippen molar-refractivity contribution in [2.24, 2.45) is 13.0 Å². The van der Waals surface area contributed by atoms with Crippen LogP contribution in [-0.4, -0.2) is 39.4 Å². The second-order valence-corrected chi connectivity index (χ2v) is 6.56. The first-order valence-corrected chi connectivity index (χ1v) is 8.64. The molecule has 0 bridgehead atoms. The monoisotopic (exact) mass is 363 g/mol. The molecular formula is C16H21N5O3S. The summed E-state index contributed by atoms with van der Waals surface area (Å²) in [6.45, 7) is 3.60. The Kier molecular flexibility index (Phi) is 6.40. The van der Waals surface area contributed by atoms with Gasteiger partial charge in [-0.15, -0.1) is 10.2 Å². The number of nitrogens with one attached hydrogen (secondary N) is 2. The Hall–Kier alpha value is -2.55. The van der Waals surface area contributed by atoms with E-state index in [0.717, 1.165) is 0 Å². The first-order valence-electron chi connectivity index (χ1n) is 7.66. The van der Waals surface area contributed by atoms with Crippen molar-refractivity contribution < 1.29 is 14.3 Å². The topological polar surface area (TPSA) is 98.1 Å². The molecule has 2 rings (SSSR count). The highest BCUT2D eigenvalue weighted by Gasteiger charge is 2.14. The van der Waals surface area contributed by atoms with Crippen molar-refractivity contribution in [3.63, 3.8) is 0 Å². The summed E-state index contributed by atoms with van der Waals surface area (Å²) >= 11 is 1.27. The molecule has 0 fully saturated rings. The Morgan fingerprint density at radius 2 is 2.04 bits per heavy atom. The minimum absolute atomic E-state index is 0.130. The summed E-state index contributed by atoms with van der Waals surface area (Å²) in [5.74, 6) is 0.229. The largest absolute Gasteiger partial charge is 0.497 e. The number of thioether (sulfide) groups is 1. The molecule has 2 amide bonds. The van der Waals surface area contributed by atoms with Crippen molar-refractivity contribution in [1.82, 2.24) is 14.8 Å². The number of carbonyl (C=O) groups excluding carboxylic acids is 2. The number of nitrogens with zero attached hydrogens (tertiary/aromatic N) is 3. The minimum atomic E-state index is -0.221. The summed E-state index contributed by atoms with van der Waals surface area (Å²) in [5.41, 5.74) is 1.01. The van der Waals surface area contributed by atoms with Gasteiger partial charge in [-0.25, -0.2) is 0 Å². The Balaban J connectivity index is 2.08. The van der Waals surface area contributed by atoms with Crippen molar-refractivity contribution >= 4 is 35.0 Å². The molecule has 0 aliphatic rings. The van der Waals surface area contributed by atoms with Gasteiger partial charge in [0.05, 0.1) is 24.2 Å². The van der Waals surface area contributed by atoms with Gasteiger partial charge in [-0.05, 0) is 12.1 Å². The van der Waals surface area contributed by atoms with Crippen LogP contribution in [-0.2, 0) is 16.6 Å². The number of rotatable bonds is 7. The van der Waals surface area contributed by atoms with E-state index in [-0.39, 0.29) is 23.5 Å². The van der Waals surface area contributed by atoms with Crippen LogP contribution in [0.1, 0.15) is 13.8 Å². The number of hydrogen-bond donors (Lipinski definition) is 2. The maximum absolute atomic E-state index is 12.2. The normalized spacial score (nSPS) is 10.6. The van der Waals surface area contributed by atoms with E-state index < -0.39 is 0 Å². The van der Waals surface area contributed by atoms with Crippen LogP contribution < -0.4 is 15.4 Å². The van der Waals surface area contributed by atoms with Gasteiger partial charge >= 0.3 is 0 Å². The van der Waals surface area contributed by atoms with Gasteiger partial charge in [-0.3, -0.25) is 9.59 Å². The first-order chi connectivity index (χ1) is 11.9. The molecule has 0 saturated heterocycles. The molecule has 0 aliphatic heterocycles. The zero-order valence-electron chi connectivity index (χ0n) is 14.6. The maximum Gasteiger partial charge on any atom is 0.234 e. The van der Waals surface area contributed by atoms with E-state index in [1.807, 2.05) is 7.05 Å². The fourth-order valence-electron chi connectivity index (χ4n) is 1.86. The summed E-state index contributed by atoms with van der Waals surface area (Å²) in [7, 11) is 3.35. The summed E-state index contributed by atoms with van der Waals surface area (Å²) in [4.78, 5) is 24.2. The van der Waals surface area contributed by atoms with Gasteiger partial charge in [0.25, 0.3) is 0 Å². The lowest BCUT2D eigenvalue weighted by atomic mass is 10.2. The lowest BCUT2D eigenvalue weighted by molar-refractivity contribution is -0.119. The predicted octanol–water partition coefficient (Wildman–Crippen LogP) is 2.15. The van der Waals surface area contributed by atoms with Crippen LogP contribution in [0.4, 0.5) is 11.4 Å². The van der Waals surface area contributed by atoms with E-state index in [0.29, 0.717) is 22.3 Å². The summed E-state index contributed by atoms with van der Waals surface area (Å²) < 4.78 is 6.92. The summed E-state index contributed by atoms with van der Waals surface area (Å²) in [6.07, 6.45) is 1.57. The molecule has 9 heteroatoms. The molecule has 0 radical (unpaired) electrons. The van der Waals surface area contributed by atoms with Crippen molar-refractivity contribution in [2.75, 3.05) is 23.5 Å². The fourth-order valence-corrected chi connectivity index (χ4v) is 2.55. The average molecular weight is 363 g/mol. The number of hydrogen-bond acceptors (Lipinski definition) is 6. The average Bonchev–Trinajstić information content (AvgIpc) is 2.99. The lowest BCUT2D eigenvalue weighted by Gasteiger charge is -2.15. The Morgan fingerprint density at radius 3 is 2.64 bits per heavy atom. The van der Waals surface area contributed by atoms with E-state index >= 15 is 0 Å². The summed E-state index contributed by atoms with van der Waals surface area (Å²) in [6, 6.07) is 5.09. The lowest BCUT2D eigenvalue weighted by Crippen LogP contribution is -2.20. The summed E-state index contributed by atoms with van der Waals surface area (Å²) in [5, 5.41) is 13.9. The Bertz CT molecular complexity index is 760. The molecule has 2 aromatic rings. The van der Waals surface area contributed by atoms with Gasteiger partial charge in [0.2, 0.25) is 11.8 Å². The molecule has 1 heterocycles. The molecule has 1 aromatic heterocycles. The molecule has 25 heavy (non-hydrogen) atoms. The van der Waals surface area contributed by atoms with Gasteiger partial charge in [-0.2, -0.15) is 0 Å². The Labute approximate surface area is 150 Å². The quantitative estimate of drug-likeness (QED) is 0.732. The van der Waals surface area contributed by atoms with E-state index in [2.05, 4.69) is 20.8 Å². The van der Waals surface area contributed by atoms with Crippen molar-refractivity contribution in [1.29, 1.82) is 0 Å². The highest BCUT2D eigenvalue weighted by atomic mass is 32.2. The van der Waals surface area contributed by atoms with Gasteiger partial charge in [0.1, 0.15) is 12.1 Å². The van der Waals surface area contributed by atoms with Crippen molar-refractivity contribution in [3.8, 4) is 5.75 Å². The van der Waals surface area contributed by atoms with Crippen LogP contribution in [0, 0.1) is 5.92 Å². The third-order valence-electron chi connectivity index (χ3n) is 3.29. The number of amides is 2. The number of methoxy groups -OCH3 is 1. The zero-order chi connectivity index (χ0) is 18.4. The Morgan fingerprint density at radius 1 is 1.28 bits per heavy atom. The number of aromatic nitrogens is 3. The number of carbonyl (C=O) groups is 2. The third kappa shape index (κ3) is 5.21. The molecule has 0 spiro atoms. The van der Waals surface area contributed by atoms with Gasteiger partial charge in [0.15, 0.2) is 5.16 Å². The molecule has 0 aliphatic carbocycles. The first kappa shape index (κ1) is 18.8. The van der Waals surface area contributed by atoms with E-state index in [1.165, 1.54) is 18.9 Å². The van der Waals surface area contributed by atoms with Crippen LogP contribution in [0.25, 0.3) is 0 Å². The standard InChI is InChI=1S/C16H21N5O3S/c1-10(2)15(23)19-12-6-5-11(24-4)7-13(12)18-14(22)8-25-16-20-17-9-21(16)3/h5-7,9-10H,8H2,1-4H3,(H,18,22)(H,19,23). The number of aryl methyl sites for hydroxylation is 1. The molecule has 2 N–H and O–H groups in total. The SMILES string of the molecule is COc1ccc(NC(=O)C(C)C)c(NC(=O)CSc2nncn2C)c1. The van der Waals surface area contributed by atoms with E-state index in [4.69, 9.17) is 4.74 Å². The fraction of sp³-hybridized carbons (Fsp3) is 0.375. The minimum Gasteiger partial charge on any atom is -0.497 e. The molecule has 0 unspecified atom stereocenters. The van der Waals surface area contributed by atoms with Gasteiger partial charge in [0, 0.05) is 19.0 Å². The maximum atomic E-state index is 12.2. The predicted molar refractivity (Wildman–Crippen MR) is 96.8 cm³/mol. The number of ether oxygens (including phenoxy) is 1. The highest BCUT2D eigenvalue weighted by Crippen LogP contribution is 2.28. The molecular weight excluding hydrogens is 342 g/mol. The molecule has 8 nitrogen and oxygen atoms in total. The number of anilines is 2. The van der Waals surface area contributed by atoms with Crippen LogP contribution in [0.3, 0.4) is 0 Å². The zero-order valence-corrected chi connectivity index (χ0v) is 15.4.